The van der Waals surface area contributed by atoms with Gasteiger partial charge in [0.1, 0.15) is 11.6 Å². The predicted octanol–water partition coefficient (Wildman–Crippen LogP) is 3.60. The molecule has 7 nitrogen and oxygen atoms in total. The van der Waals surface area contributed by atoms with Crippen LogP contribution in [0.5, 0.6) is 0 Å². The number of halogens is 1. The van der Waals surface area contributed by atoms with E-state index in [9.17, 15) is 9.18 Å². The molecule has 0 radical (unpaired) electrons. The SMILES string of the molecule is Cn1cc(-c2cc(F)c3cnc(NC(=O)[C@H]4CC[C@H](N5CCOCC5)CC4)cc3c2)cn1. The number of carbonyl (C=O) groups excluding carboxylic acids is 1. The van der Waals surface area contributed by atoms with Crippen LogP contribution in [0.1, 0.15) is 25.7 Å². The summed E-state index contributed by atoms with van der Waals surface area (Å²) < 4.78 is 21.8. The highest BCUT2D eigenvalue weighted by atomic mass is 19.1. The highest BCUT2D eigenvalue weighted by Crippen LogP contribution is 2.30. The number of nitrogens with zero attached hydrogens (tertiary/aromatic N) is 4. The van der Waals surface area contributed by atoms with Crippen molar-refractivity contribution in [3.8, 4) is 11.1 Å². The maximum absolute atomic E-state index is 14.6. The summed E-state index contributed by atoms with van der Waals surface area (Å²) in [7, 11) is 1.83. The van der Waals surface area contributed by atoms with Crippen molar-refractivity contribution in [2.45, 2.75) is 31.7 Å². The van der Waals surface area contributed by atoms with E-state index < -0.39 is 0 Å². The minimum Gasteiger partial charge on any atom is -0.379 e. The van der Waals surface area contributed by atoms with Crippen LogP contribution in [0.15, 0.2) is 36.8 Å². The number of pyridine rings is 1. The van der Waals surface area contributed by atoms with Gasteiger partial charge >= 0.3 is 0 Å². The van der Waals surface area contributed by atoms with E-state index in [-0.39, 0.29) is 17.6 Å². The summed E-state index contributed by atoms with van der Waals surface area (Å²) in [4.78, 5) is 19.7. The Morgan fingerprint density at radius 1 is 1.09 bits per heavy atom. The molecular formula is C24H28FN5O2. The summed E-state index contributed by atoms with van der Waals surface area (Å²) in [5, 5.41) is 8.25. The van der Waals surface area contributed by atoms with Crippen LogP contribution in [-0.4, -0.2) is 57.9 Å². The van der Waals surface area contributed by atoms with Crippen molar-refractivity contribution in [2.24, 2.45) is 13.0 Å². The molecule has 2 fully saturated rings. The largest absolute Gasteiger partial charge is 0.379 e. The number of carbonyl (C=O) groups is 1. The third kappa shape index (κ3) is 4.38. The fourth-order valence-electron chi connectivity index (χ4n) is 4.89. The van der Waals surface area contributed by atoms with Crippen molar-refractivity contribution in [2.75, 3.05) is 31.6 Å². The van der Waals surface area contributed by atoms with Crippen molar-refractivity contribution in [3.05, 3.63) is 42.6 Å². The van der Waals surface area contributed by atoms with Crippen LogP contribution in [0.2, 0.25) is 0 Å². The standard InChI is InChI=1S/C24H28FN5O2/c1-29-15-19(13-27-29)17-10-18-12-23(26-14-21(18)22(25)11-17)28-24(31)16-2-4-20(5-3-16)30-6-8-32-9-7-30/h10-16,20H,2-9H2,1H3,(H,26,28,31)/t16-,20-. The minimum absolute atomic E-state index is 0.00108. The van der Waals surface area contributed by atoms with Crippen molar-refractivity contribution < 1.29 is 13.9 Å². The second-order valence-corrected chi connectivity index (χ2v) is 8.79. The summed E-state index contributed by atoms with van der Waals surface area (Å²) in [6, 6.07) is 5.69. The Bertz CT molecular complexity index is 1120. The Hall–Kier alpha value is -2.84. The van der Waals surface area contributed by atoms with Gasteiger partial charge in [0.25, 0.3) is 0 Å². The minimum atomic E-state index is -0.340. The molecule has 1 aromatic carbocycles. The van der Waals surface area contributed by atoms with Gasteiger partial charge in [0.2, 0.25) is 5.91 Å². The smallest absolute Gasteiger partial charge is 0.228 e. The molecule has 0 unspecified atom stereocenters. The maximum atomic E-state index is 14.6. The van der Waals surface area contributed by atoms with Crippen LogP contribution in [0.3, 0.4) is 0 Å². The number of ether oxygens (including phenoxy) is 1. The van der Waals surface area contributed by atoms with Gasteiger partial charge in [0.15, 0.2) is 0 Å². The molecule has 2 aromatic heterocycles. The van der Waals surface area contributed by atoms with Crippen LogP contribution < -0.4 is 5.32 Å². The average Bonchev–Trinajstić information content (AvgIpc) is 3.26. The van der Waals surface area contributed by atoms with Crippen LogP contribution >= 0.6 is 0 Å². The van der Waals surface area contributed by atoms with Gasteiger partial charge in [0, 0.05) is 55.4 Å². The van der Waals surface area contributed by atoms with Crippen molar-refractivity contribution in [1.29, 1.82) is 0 Å². The molecule has 5 rings (SSSR count). The highest BCUT2D eigenvalue weighted by Gasteiger charge is 2.30. The van der Waals surface area contributed by atoms with Gasteiger partial charge in [-0.3, -0.25) is 14.4 Å². The topological polar surface area (TPSA) is 72.3 Å². The van der Waals surface area contributed by atoms with E-state index in [0.717, 1.165) is 63.1 Å². The van der Waals surface area contributed by atoms with Gasteiger partial charge < -0.3 is 10.1 Å². The molecule has 1 saturated carbocycles. The van der Waals surface area contributed by atoms with Gasteiger partial charge in [-0.05, 0) is 54.8 Å². The summed E-state index contributed by atoms with van der Waals surface area (Å²) in [6.07, 6.45) is 8.85. The Balaban J connectivity index is 1.27. The molecule has 1 amide bonds. The van der Waals surface area contributed by atoms with Gasteiger partial charge in [0.05, 0.1) is 19.4 Å². The summed E-state index contributed by atoms with van der Waals surface area (Å²) in [5.74, 6) is 0.109. The molecule has 3 heterocycles. The van der Waals surface area contributed by atoms with Gasteiger partial charge in [-0.1, -0.05) is 0 Å². The number of hydrogen-bond acceptors (Lipinski definition) is 5. The molecule has 8 heteroatoms. The molecule has 0 spiro atoms. The zero-order chi connectivity index (χ0) is 22.1. The summed E-state index contributed by atoms with van der Waals surface area (Å²) in [6.45, 7) is 3.58. The molecule has 0 bridgehead atoms. The number of morpholine rings is 1. The lowest BCUT2D eigenvalue weighted by atomic mass is 9.84. The normalized spacial score (nSPS) is 22.2. The fourth-order valence-corrected chi connectivity index (χ4v) is 4.89. The molecule has 1 aliphatic heterocycles. The molecular weight excluding hydrogens is 409 g/mol. The van der Waals surface area contributed by atoms with E-state index >= 15 is 0 Å². The monoisotopic (exact) mass is 437 g/mol. The van der Waals surface area contributed by atoms with Crippen molar-refractivity contribution in [3.63, 3.8) is 0 Å². The van der Waals surface area contributed by atoms with E-state index in [0.29, 0.717) is 22.6 Å². The highest BCUT2D eigenvalue weighted by molar-refractivity contribution is 5.95. The number of benzene rings is 1. The number of nitrogens with one attached hydrogen (secondary N) is 1. The maximum Gasteiger partial charge on any atom is 0.228 e. The van der Waals surface area contributed by atoms with E-state index in [4.69, 9.17) is 4.74 Å². The molecule has 3 aromatic rings. The zero-order valence-corrected chi connectivity index (χ0v) is 18.3. The summed E-state index contributed by atoms with van der Waals surface area (Å²) in [5.41, 5.74) is 1.58. The molecule has 0 atom stereocenters. The van der Waals surface area contributed by atoms with E-state index in [1.54, 1.807) is 16.9 Å². The lowest BCUT2D eigenvalue weighted by Crippen LogP contribution is -2.45. The lowest BCUT2D eigenvalue weighted by molar-refractivity contribution is -0.121. The van der Waals surface area contributed by atoms with E-state index in [2.05, 4.69) is 20.3 Å². The molecule has 1 saturated heterocycles. The number of aromatic nitrogens is 3. The van der Waals surface area contributed by atoms with Crippen LogP contribution in [0.4, 0.5) is 10.2 Å². The lowest BCUT2D eigenvalue weighted by Gasteiger charge is -2.38. The van der Waals surface area contributed by atoms with Crippen LogP contribution in [-0.2, 0) is 16.6 Å². The van der Waals surface area contributed by atoms with Gasteiger partial charge in [-0.15, -0.1) is 0 Å². The first-order valence-corrected chi connectivity index (χ1v) is 11.3. The Kier molecular flexibility index (Phi) is 5.89. The average molecular weight is 438 g/mol. The number of aryl methyl sites for hydroxylation is 1. The zero-order valence-electron chi connectivity index (χ0n) is 18.3. The quantitative estimate of drug-likeness (QED) is 0.675. The first-order chi connectivity index (χ1) is 15.6. The first-order valence-electron chi connectivity index (χ1n) is 11.3. The van der Waals surface area contributed by atoms with Crippen LogP contribution in [0, 0.1) is 11.7 Å². The Morgan fingerprint density at radius 3 is 2.59 bits per heavy atom. The predicted molar refractivity (Wildman–Crippen MR) is 121 cm³/mol. The molecule has 32 heavy (non-hydrogen) atoms. The molecule has 168 valence electrons. The summed E-state index contributed by atoms with van der Waals surface area (Å²) >= 11 is 0. The number of amides is 1. The number of fused-ring (bicyclic) bond motifs is 1. The van der Waals surface area contributed by atoms with Gasteiger partial charge in [-0.2, -0.15) is 5.10 Å². The fraction of sp³-hybridized carbons (Fsp3) is 0.458. The third-order valence-corrected chi connectivity index (χ3v) is 6.71. The Morgan fingerprint density at radius 2 is 1.88 bits per heavy atom. The molecule has 1 N–H and O–H groups in total. The van der Waals surface area contributed by atoms with Crippen molar-refractivity contribution >= 4 is 22.5 Å². The second kappa shape index (κ2) is 8.96. The van der Waals surface area contributed by atoms with E-state index in [1.807, 2.05) is 19.3 Å². The molecule has 2 aliphatic rings. The third-order valence-electron chi connectivity index (χ3n) is 6.71. The number of hydrogen-bond donors (Lipinski definition) is 1. The second-order valence-electron chi connectivity index (χ2n) is 8.79. The van der Waals surface area contributed by atoms with Crippen LogP contribution in [0.25, 0.3) is 21.9 Å². The first kappa shape index (κ1) is 21.0. The van der Waals surface area contributed by atoms with Gasteiger partial charge in [-0.25, -0.2) is 9.37 Å². The number of rotatable bonds is 4. The Labute approximate surface area is 186 Å². The number of anilines is 1. The molecule has 1 aliphatic carbocycles. The van der Waals surface area contributed by atoms with Crippen molar-refractivity contribution in [1.82, 2.24) is 19.7 Å². The van der Waals surface area contributed by atoms with E-state index in [1.165, 1.54) is 12.3 Å².